The SMILES string of the molecule is COc1ccc(CNC(=S)NCCCOCC2CC2)cc1. The van der Waals surface area contributed by atoms with Crippen LogP contribution in [0, 0.1) is 5.92 Å². The van der Waals surface area contributed by atoms with Gasteiger partial charge in [-0.25, -0.2) is 0 Å². The van der Waals surface area contributed by atoms with E-state index in [1.807, 2.05) is 24.3 Å². The quantitative estimate of drug-likeness (QED) is 0.542. The summed E-state index contributed by atoms with van der Waals surface area (Å²) in [6.07, 6.45) is 3.67. The number of hydrogen-bond donors (Lipinski definition) is 2. The summed E-state index contributed by atoms with van der Waals surface area (Å²) in [6.45, 7) is 3.30. The van der Waals surface area contributed by atoms with Gasteiger partial charge < -0.3 is 20.1 Å². The molecule has 0 aromatic heterocycles. The minimum absolute atomic E-state index is 0.688. The monoisotopic (exact) mass is 308 g/mol. The number of methoxy groups -OCH3 is 1. The molecule has 1 aromatic carbocycles. The molecule has 21 heavy (non-hydrogen) atoms. The largest absolute Gasteiger partial charge is 0.497 e. The normalized spacial score (nSPS) is 13.8. The van der Waals surface area contributed by atoms with Crippen LogP contribution in [-0.4, -0.2) is 32.0 Å². The fourth-order valence-corrected chi connectivity index (χ4v) is 2.07. The topological polar surface area (TPSA) is 42.5 Å². The summed E-state index contributed by atoms with van der Waals surface area (Å²) in [4.78, 5) is 0. The van der Waals surface area contributed by atoms with Gasteiger partial charge in [-0.1, -0.05) is 12.1 Å². The fraction of sp³-hybridized carbons (Fsp3) is 0.562. The average Bonchev–Trinajstić information content (AvgIpc) is 3.33. The van der Waals surface area contributed by atoms with Crippen LogP contribution >= 0.6 is 12.2 Å². The second-order valence-corrected chi connectivity index (χ2v) is 5.74. The molecule has 0 spiro atoms. The Kier molecular flexibility index (Phi) is 6.76. The number of benzene rings is 1. The first-order chi connectivity index (χ1) is 10.3. The van der Waals surface area contributed by atoms with E-state index in [-0.39, 0.29) is 0 Å². The molecule has 2 rings (SSSR count). The van der Waals surface area contributed by atoms with Gasteiger partial charge in [0.05, 0.1) is 7.11 Å². The highest BCUT2D eigenvalue weighted by Gasteiger charge is 2.20. The molecule has 0 aliphatic heterocycles. The first kappa shape index (κ1) is 16.0. The lowest BCUT2D eigenvalue weighted by Crippen LogP contribution is -2.35. The predicted octanol–water partition coefficient (Wildman–Crippen LogP) is 2.48. The van der Waals surface area contributed by atoms with E-state index in [0.717, 1.165) is 37.8 Å². The maximum atomic E-state index is 5.57. The lowest BCUT2D eigenvalue weighted by atomic mass is 10.2. The summed E-state index contributed by atoms with van der Waals surface area (Å²) in [6, 6.07) is 7.95. The molecule has 0 bridgehead atoms. The van der Waals surface area contributed by atoms with Gasteiger partial charge in [-0.05, 0) is 55.1 Å². The summed E-state index contributed by atoms with van der Waals surface area (Å²) >= 11 is 5.24. The molecule has 0 radical (unpaired) electrons. The van der Waals surface area contributed by atoms with E-state index < -0.39 is 0 Å². The van der Waals surface area contributed by atoms with Crippen LogP contribution in [-0.2, 0) is 11.3 Å². The van der Waals surface area contributed by atoms with Crippen LogP contribution in [0.2, 0.25) is 0 Å². The third kappa shape index (κ3) is 6.78. The van der Waals surface area contributed by atoms with Crippen molar-refractivity contribution in [3.8, 4) is 5.75 Å². The van der Waals surface area contributed by atoms with E-state index in [1.54, 1.807) is 7.11 Å². The van der Waals surface area contributed by atoms with Crippen LogP contribution in [0.1, 0.15) is 24.8 Å². The first-order valence-electron chi connectivity index (χ1n) is 7.50. The van der Waals surface area contributed by atoms with E-state index in [2.05, 4.69) is 10.6 Å². The lowest BCUT2D eigenvalue weighted by molar-refractivity contribution is 0.123. The van der Waals surface area contributed by atoms with Crippen molar-refractivity contribution in [1.82, 2.24) is 10.6 Å². The number of rotatable bonds is 9. The minimum Gasteiger partial charge on any atom is -0.497 e. The third-order valence-electron chi connectivity index (χ3n) is 3.41. The van der Waals surface area contributed by atoms with E-state index in [4.69, 9.17) is 21.7 Å². The van der Waals surface area contributed by atoms with Crippen molar-refractivity contribution in [3.05, 3.63) is 29.8 Å². The van der Waals surface area contributed by atoms with Crippen LogP contribution < -0.4 is 15.4 Å². The first-order valence-corrected chi connectivity index (χ1v) is 7.91. The summed E-state index contributed by atoms with van der Waals surface area (Å²) in [5.41, 5.74) is 1.17. The maximum Gasteiger partial charge on any atom is 0.166 e. The standard InChI is InChI=1S/C16H24N2O2S/c1-19-15-7-5-13(6-8-15)11-18-16(21)17-9-2-10-20-12-14-3-4-14/h5-8,14H,2-4,9-12H2,1H3,(H2,17,18,21). The number of nitrogens with one attached hydrogen (secondary N) is 2. The maximum absolute atomic E-state index is 5.57. The highest BCUT2D eigenvalue weighted by atomic mass is 32.1. The van der Waals surface area contributed by atoms with Crippen molar-refractivity contribution in [2.24, 2.45) is 5.92 Å². The van der Waals surface area contributed by atoms with Gasteiger partial charge in [0.1, 0.15) is 5.75 Å². The number of hydrogen-bond acceptors (Lipinski definition) is 3. The summed E-state index contributed by atoms with van der Waals surface area (Å²) < 4.78 is 10.7. The molecule has 1 aliphatic carbocycles. The van der Waals surface area contributed by atoms with E-state index >= 15 is 0 Å². The average molecular weight is 308 g/mol. The number of thiocarbonyl (C=S) groups is 1. The molecule has 116 valence electrons. The van der Waals surface area contributed by atoms with Crippen molar-refractivity contribution in [1.29, 1.82) is 0 Å². The van der Waals surface area contributed by atoms with Crippen molar-refractivity contribution >= 4 is 17.3 Å². The highest BCUT2D eigenvalue weighted by Crippen LogP contribution is 2.28. The Labute approximate surface area is 132 Å². The highest BCUT2D eigenvalue weighted by molar-refractivity contribution is 7.80. The zero-order valence-electron chi connectivity index (χ0n) is 12.6. The van der Waals surface area contributed by atoms with Crippen LogP contribution in [0.15, 0.2) is 24.3 Å². The number of ether oxygens (including phenoxy) is 2. The molecule has 1 saturated carbocycles. The molecule has 0 heterocycles. The van der Waals surface area contributed by atoms with Gasteiger partial charge in [0.2, 0.25) is 0 Å². The lowest BCUT2D eigenvalue weighted by Gasteiger charge is -2.11. The summed E-state index contributed by atoms with van der Waals surface area (Å²) in [5, 5.41) is 7.08. The van der Waals surface area contributed by atoms with Crippen molar-refractivity contribution in [3.63, 3.8) is 0 Å². The van der Waals surface area contributed by atoms with Crippen LogP contribution in [0.5, 0.6) is 5.75 Å². The Bertz CT molecular complexity index is 432. The van der Waals surface area contributed by atoms with E-state index in [1.165, 1.54) is 18.4 Å². The molecule has 1 fully saturated rings. The van der Waals surface area contributed by atoms with Gasteiger partial charge in [-0.2, -0.15) is 0 Å². The van der Waals surface area contributed by atoms with Crippen LogP contribution in [0.3, 0.4) is 0 Å². The van der Waals surface area contributed by atoms with Gasteiger partial charge in [0.15, 0.2) is 5.11 Å². The van der Waals surface area contributed by atoms with Gasteiger partial charge in [0, 0.05) is 26.3 Å². The minimum atomic E-state index is 0.688. The third-order valence-corrected chi connectivity index (χ3v) is 3.70. The van der Waals surface area contributed by atoms with Crippen molar-refractivity contribution in [2.45, 2.75) is 25.8 Å². The van der Waals surface area contributed by atoms with Gasteiger partial charge in [-0.15, -0.1) is 0 Å². The van der Waals surface area contributed by atoms with E-state index in [0.29, 0.717) is 11.7 Å². The van der Waals surface area contributed by atoms with Gasteiger partial charge in [-0.3, -0.25) is 0 Å². The molecule has 1 aliphatic rings. The second-order valence-electron chi connectivity index (χ2n) is 5.33. The second kappa shape index (κ2) is 8.85. The van der Waals surface area contributed by atoms with Crippen LogP contribution in [0.25, 0.3) is 0 Å². The molecular weight excluding hydrogens is 284 g/mol. The molecule has 0 amide bonds. The van der Waals surface area contributed by atoms with Gasteiger partial charge in [0.25, 0.3) is 0 Å². The Morgan fingerprint density at radius 1 is 1.24 bits per heavy atom. The molecule has 2 N–H and O–H groups in total. The molecule has 0 saturated heterocycles. The van der Waals surface area contributed by atoms with Crippen molar-refractivity contribution in [2.75, 3.05) is 26.9 Å². The zero-order chi connectivity index (χ0) is 14.9. The molecular formula is C16H24N2O2S. The van der Waals surface area contributed by atoms with Gasteiger partial charge >= 0.3 is 0 Å². The molecule has 4 nitrogen and oxygen atoms in total. The molecule has 1 aromatic rings. The summed E-state index contributed by atoms with van der Waals surface area (Å²) in [5.74, 6) is 1.70. The Morgan fingerprint density at radius 3 is 2.67 bits per heavy atom. The zero-order valence-corrected chi connectivity index (χ0v) is 13.4. The Balaban J connectivity index is 1.49. The van der Waals surface area contributed by atoms with Crippen LogP contribution in [0.4, 0.5) is 0 Å². The molecule has 5 heteroatoms. The van der Waals surface area contributed by atoms with Crippen molar-refractivity contribution < 1.29 is 9.47 Å². The smallest absolute Gasteiger partial charge is 0.166 e. The fourth-order valence-electron chi connectivity index (χ4n) is 1.90. The van der Waals surface area contributed by atoms with E-state index in [9.17, 15) is 0 Å². The Morgan fingerprint density at radius 2 is 2.00 bits per heavy atom. The summed E-state index contributed by atoms with van der Waals surface area (Å²) in [7, 11) is 1.67. The molecule has 0 atom stereocenters. The predicted molar refractivity (Wildman–Crippen MR) is 88.6 cm³/mol. The Hall–Kier alpha value is -1.33. The molecule has 0 unspecified atom stereocenters.